The number of unbranched alkanes of at least 4 members (excludes halogenated alkanes) is 2. The molecule has 0 aliphatic carbocycles. The highest BCUT2D eigenvalue weighted by molar-refractivity contribution is 5.79. The minimum Gasteiger partial charge on any atom is -0.460 e. The van der Waals surface area contributed by atoms with E-state index in [9.17, 15) is 9.59 Å². The molecule has 0 fully saturated rings. The molecule has 0 bridgehead atoms. The van der Waals surface area contributed by atoms with Crippen LogP contribution in [0.3, 0.4) is 0 Å². The summed E-state index contributed by atoms with van der Waals surface area (Å²) < 4.78 is 11.3. The fraction of sp³-hybridized carbons (Fsp3) is 0.481. The van der Waals surface area contributed by atoms with Crippen molar-refractivity contribution in [3.05, 3.63) is 71.8 Å². The zero-order valence-corrected chi connectivity index (χ0v) is 19.7. The zero-order valence-electron chi connectivity index (χ0n) is 19.7. The van der Waals surface area contributed by atoms with Crippen molar-refractivity contribution in [3.8, 4) is 0 Å². The minimum absolute atomic E-state index is 0.230. The third-order valence-corrected chi connectivity index (χ3v) is 5.64. The third kappa shape index (κ3) is 8.46. The van der Waals surface area contributed by atoms with E-state index in [0.29, 0.717) is 12.8 Å². The summed E-state index contributed by atoms with van der Waals surface area (Å²) in [5.41, 5.74) is 1.89. The molecule has 2 atom stereocenters. The first kappa shape index (κ1) is 25.6. The second-order valence-electron chi connectivity index (χ2n) is 8.17. The first-order valence-corrected chi connectivity index (χ1v) is 11.7. The van der Waals surface area contributed by atoms with Crippen LogP contribution in [0, 0.1) is 0 Å². The summed E-state index contributed by atoms with van der Waals surface area (Å²) in [6.45, 7) is 4.65. The molecular formula is C27H37NO4. The van der Waals surface area contributed by atoms with E-state index >= 15 is 0 Å². The summed E-state index contributed by atoms with van der Waals surface area (Å²) in [5.74, 6) is -0.579. The van der Waals surface area contributed by atoms with Crippen LogP contribution in [0.5, 0.6) is 0 Å². The number of nitrogens with zero attached hydrogens (tertiary/aromatic N) is 1. The van der Waals surface area contributed by atoms with Crippen LogP contribution in [0.2, 0.25) is 0 Å². The van der Waals surface area contributed by atoms with Gasteiger partial charge in [-0.25, -0.2) is 0 Å². The molecule has 0 saturated heterocycles. The Kier molecular flexibility index (Phi) is 11.5. The molecule has 0 aromatic heterocycles. The quantitative estimate of drug-likeness (QED) is 0.363. The van der Waals surface area contributed by atoms with Crippen LogP contribution in [0.15, 0.2) is 60.7 Å². The third-order valence-electron chi connectivity index (χ3n) is 5.64. The van der Waals surface area contributed by atoms with Crippen molar-refractivity contribution in [2.24, 2.45) is 0 Å². The van der Waals surface area contributed by atoms with Gasteiger partial charge in [-0.2, -0.15) is 0 Å². The first-order chi connectivity index (χ1) is 15.6. The molecule has 0 heterocycles. The van der Waals surface area contributed by atoms with E-state index < -0.39 is 12.1 Å². The lowest BCUT2D eigenvalue weighted by molar-refractivity contribution is -0.158. The van der Waals surface area contributed by atoms with Crippen molar-refractivity contribution in [3.63, 3.8) is 0 Å². The summed E-state index contributed by atoms with van der Waals surface area (Å²) in [6.07, 6.45) is 5.00. The SMILES string of the molecule is CCCCC(C(=O)OCc1ccccc1)N(C)C(CCCC)C(=O)OCc1ccccc1. The maximum Gasteiger partial charge on any atom is 0.323 e. The van der Waals surface area contributed by atoms with Crippen LogP contribution >= 0.6 is 0 Å². The minimum atomic E-state index is -0.482. The number of esters is 2. The summed E-state index contributed by atoms with van der Waals surface area (Å²) in [7, 11) is 1.84. The van der Waals surface area contributed by atoms with E-state index in [1.54, 1.807) is 0 Å². The predicted octanol–water partition coefficient (Wildman–Crippen LogP) is 5.52. The van der Waals surface area contributed by atoms with Crippen LogP contribution < -0.4 is 0 Å². The van der Waals surface area contributed by atoms with Gasteiger partial charge in [0.15, 0.2) is 0 Å². The molecule has 0 aliphatic rings. The molecule has 5 nitrogen and oxygen atoms in total. The van der Waals surface area contributed by atoms with Gasteiger partial charge in [0.05, 0.1) is 0 Å². The number of rotatable bonds is 14. The zero-order chi connectivity index (χ0) is 23.2. The summed E-state index contributed by atoms with van der Waals surface area (Å²) in [6, 6.07) is 18.3. The smallest absolute Gasteiger partial charge is 0.323 e. The molecule has 2 rings (SSSR count). The molecule has 32 heavy (non-hydrogen) atoms. The Morgan fingerprint density at radius 1 is 0.719 bits per heavy atom. The maximum atomic E-state index is 13.0. The van der Waals surface area contributed by atoms with E-state index in [-0.39, 0.29) is 25.2 Å². The molecule has 0 N–H and O–H groups in total. The Bertz CT molecular complexity index is 726. The average Bonchev–Trinajstić information content (AvgIpc) is 2.83. The Labute approximate surface area is 192 Å². The number of benzene rings is 2. The topological polar surface area (TPSA) is 55.8 Å². The van der Waals surface area contributed by atoms with Crippen molar-refractivity contribution < 1.29 is 19.1 Å². The number of likely N-dealkylation sites (N-methyl/N-ethyl adjacent to an activating group) is 1. The van der Waals surface area contributed by atoms with E-state index in [1.807, 2.05) is 72.6 Å². The van der Waals surface area contributed by atoms with Gasteiger partial charge < -0.3 is 9.47 Å². The second-order valence-corrected chi connectivity index (χ2v) is 8.17. The molecule has 5 heteroatoms. The van der Waals surface area contributed by atoms with Gasteiger partial charge in [0, 0.05) is 0 Å². The van der Waals surface area contributed by atoms with E-state index in [1.165, 1.54) is 0 Å². The van der Waals surface area contributed by atoms with Crippen LogP contribution in [-0.2, 0) is 32.3 Å². The monoisotopic (exact) mass is 439 g/mol. The molecule has 0 amide bonds. The highest BCUT2D eigenvalue weighted by Crippen LogP contribution is 2.19. The molecule has 0 saturated carbocycles. The molecule has 0 aliphatic heterocycles. The Morgan fingerprint density at radius 3 is 1.44 bits per heavy atom. The van der Waals surface area contributed by atoms with Gasteiger partial charge in [-0.3, -0.25) is 14.5 Å². The average molecular weight is 440 g/mol. The lowest BCUT2D eigenvalue weighted by Crippen LogP contribution is -2.49. The Hall–Kier alpha value is -2.66. The van der Waals surface area contributed by atoms with E-state index in [0.717, 1.165) is 36.8 Å². The summed E-state index contributed by atoms with van der Waals surface area (Å²) in [4.78, 5) is 27.9. The Morgan fingerprint density at radius 2 is 1.09 bits per heavy atom. The molecule has 2 aromatic rings. The largest absolute Gasteiger partial charge is 0.460 e. The number of carbonyl (C=O) groups is 2. The van der Waals surface area contributed by atoms with Gasteiger partial charge in [0.25, 0.3) is 0 Å². The van der Waals surface area contributed by atoms with Gasteiger partial charge in [-0.05, 0) is 31.0 Å². The highest BCUT2D eigenvalue weighted by Gasteiger charge is 2.34. The van der Waals surface area contributed by atoms with Crippen molar-refractivity contribution in [2.75, 3.05) is 7.05 Å². The van der Waals surface area contributed by atoms with Gasteiger partial charge >= 0.3 is 11.9 Å². The fourth-order valence-corrected chi connectivity index (χ4v) is 3.64. The lowest BCUT2D eigenvalue weighted by Gasteiger charge is -2.32. The predicted molar refractivity (Wildman–Crippen MR) is 127 cm³/mol. The standard InChI is InChI=1S/C27H37NO4/c1-4-6-18-24(26(29)31-20-22-14-10-8-11-15-22)28(3)25(19-7-5-2)27(30)32-21-23-16-12-9-13-17-23/h8-17,24-25H,4-7,18-21H2,1-3H3. The summed E-state index contributed by atoms with van der Waals surface area (Å²) >= 11 is 0. The number of hydrogen-bond acceptors (Lipinski definition) is 5. The van der Waals surface area contributed by atoms with E-state index in [4.69, 9.17) is 9.47 Å². The Balaban J connectivity index is 2.08. The maximum absolute atomic E-state index is 13.0. The normalized spacial score (nSPS) is 12.9. The lowest BCUT2D eigenvalue weighted by atomic mass is 10.0. The first-order valence-electron chi connectivity index (χ1n) is 11.7. The van der Waals surface area contributed by atoms with Crippen LogP contribution in [0.25, 0.3) is 0 Å². The van der Waals surface area contributed by atoms with Crippen molar-refractivity contribution >= 4 is 11.9 Å². The van der Waals surface area contributed by atoms with E-state index in [2.05, 4.69) is 13.8 Å². The molecule has 2 unspecified atom stereocenters. The van der Waals surface area contributed by atoms with Gasteiger partial charge in [0.1, 0.15) is 25.3 Å². The van der Waals surface area contributed by atoms with Crippen LogP contribution in [0.1, 0.15) is 63.5 Å². The number of carbonyl (C=O) groups excluding carboxylic acids is 2. The number of hydrogen-bond donors (Lipinski definition) is 0. The van der Waals surface area contributed by atoms with Gasteiger partial charge in [-0.15, -0.1) is 0 Å². The molecule has 0 radical (unpaired) electrons. The van der Waals surface area contributed by atoms with Crippen molar-refractivity contribution in [1.82, 2.24) is 4.90 Å². The van der Waals surface area contributed by atoms with Gasteiger partial charge in [-0.1, -0.05) is 100 Å². The number of ether oxygens (including phenoxy) is 2. The van der Waals surface area contributed by atoms with Gasteiger partial charge in [0.2, 0.25) is 0 Å². The van der Waals surface area contributed by atoms with Crippen LogP contribution in [-0.4, -0.2) is 36.0 Å². The second kappa shape index (κ2) is 14.4. The van der Waals surface area contributed by atoms with Crippen LogP contribution in [0.4, 0.5) is 0 Å². The fourth-order valence-electron chi connectivity index (χ4n) is 3.64. The molecule has 2 aromatic carbocycles. The molecular weight excluding hydrogens is 402 g/mol. The molecule has 0 spiro atoms. The summed E-state index contributed by atoms with van der Waals surface area (Å²) in [5, 5.41) is 0. The highest BCUT2D eigenvalue weighted by atomic mass is 16.5. The molecule has 174 valence electrons. The van der Waals surface area contributed by atoms with Crippen molar-refractivity contribution in [2.45, 2.75) is 77.7 Å². The van der Waals surface area contributed by atoms with Crippen molar-refractivity contribution in [1.29, 1.82) is 0 Å².